The molecule has 0 saturated carbocycles. The minimum absolute atomic E-state index is 0.0170. The zero-order chi connectivity index (χ0) is 13.8. The molecule has 0 bridgehead atoms. The second-order valence-electron chi connectivity index (χ2n) is 5.01. The lowest BCUT2D eigenvalue weighted by molar-refractivity contribution is -0.118. The SMILES string of the molecule is C=C(C)C(=O)NC1CNCCC1c1ccc(F)cc1. The average Bonchev–Trinajstić information content (AvgIpc) is 2.40. The maximum absolute atomic E-state index is 13.0. The van der Waals surface area contributed by atoms with Crippen molar-refractivity contribution >= 4 is 5.91 Å². The highest BCUT2D eigenvalue weighted by Gasteiger charge is 2.27. The van der Waals surface area contributed by atoms with Crippen molar-refractivity contribution < 1.29 is 9.18 Å². The predicted octanol–water partition coefficient (Wildman–Crippen LogP) is 1.96. The van der Waals surface area contributed by atoms with Crippen LogP contribution >= 0.6 is 0 Å². The largest absolute Gasteiger partial charge is 0.348 e. The van der Waals surface area contributed by atoms with E-state index in [1.807, 2.05) is 0 Å². The summed E-state index contributed by atoms with van der Waals surface area (Å²) in [5.74, 6) is -0.147. The van der Waals surface area contributed by atoms with Crippen molar-refractivity contribution in [1.82, 2.24) is 10.6 Å². The average molecular weight is 262 g/mol. The number of hydrogen-bond acceptors (Lipinski definition) is 2. The first-order chi connectivity index (χ1) is 9.08. The van der Waals surface area contributed by atoms with E-state index in [9.17, 15) is 9.18 Å². The monoisotopic (exact) mass is 262 g/mol. The molecule has 1 aromatic carbocycles. The lowest BCUT2D eigenvalue weighted by Gasteiger charge is -2.33. The van der Waals surface area contributed by atoms with E-state index in [1.165, 1.54) is 12.1 Å². The van der Waals surface area contributed by atoms with Gasteiger partial charge in [0.05, 0.1) is 0 Å². The highest BCUT2D eigenvalue weighted by atomic mass is 19.1. The summed E-state index contributed by atoms with van der Waals surface area (Å²) >= 11 is 0. The van der Waals surface area contributed by atoms with Gasteiger partial charge in [0.2, 0.25) is 5.91 Å². The van der Waals surface area contributed by atoms with Crippen LogP contribution in [0.5, 0.6) is 0 Å². The van der Waals surface area contributed by atoms with E-state index in [1.54, 1.807) is 19.1 Å². The molecule has 4 heteroatoms. The molecule has 102 valence electrons. The van der Waals surface area contributed by atoms with Crippen LogP contribution in [-0.4, -0.2) is 25.0 Å². The highest BCUT2D eigenvalue weighted by molar-refractivity contribution is 5.92. The van der Waals surface area contributed by atoms with Crippen LogP contribution in [0.1, 0.15) is 24.8 Å². The van der Waals surface area contributed by atoms with Gasteiger partial charge in [-0.15, -0.1) is 0 Å². The molecule has 1 fully saturated rings. The summed E-state index contributed by atoms with van der Waals surface area (Å²) in [5.41, 5.74) is 1.57. The van der Waals surface area contributed by atoms with Crippen molar-refractivity contribution in [2.45, 2.75) is 25.3 Å². The van der Waals surface area contributed by atoms with Gasteiger partial charge in [0.25, 0.3) is 0 Å². The van der Waals surface area contributed by atoms with Crippen LogP contribution in [0, 0.1) is 5.82 Å². The van der Waals surface area contributed by atoms with Gasteiger partial charge in [0.1, 0.15) is 5.82 Å². The number of halogens is 1. The Balaban J connectivity index is 2.13. The molecule has 1 heterocycles. The fraction of sp³-hybridized carbons (Fsp3) is 0.400. The zero-order valence-electron chi connectivity index (χ0n) is 11.1. The molecule has 2 unspecified atom stereocenters. The van der Waals surface area contributed by atoms with Gasteiger partial charge in [-0.25, -0.2) is 4.39 Å². The summed E-state index contributed by atoms with van der Waals surface area (Å²) < 4.78 is 13.0. The molecule has 1 amide bonds. The summed E-state index contributed by atoms with van der Waals surface area (Å²) in [6.45, 7) is 6.97. The minimum Gasteiger partial charge on any atom is -0.348 e. The molecular weight excluding hydrogens is 243 g/mol. The van der Waals surface area contributed by atoms with Gasteiger partial charge in [0.15, 0.2) is 0 Å². The van der Waals surface area contributed by atoms with Crippen molar-refractivity contribution in [3.8, 4) is 0 Å². The van der Waals surface area contributed by atoms with E-state index in [0.717, 1.165) is 25.1 Å². The molecule has 0 spiro atoms. The quantitative estimate of drug-likeness (QED) is 0.818. The van der Waals surface area contributed by atoms with Crippen LogP contribution in [0.2, 0.25) is 0 Å². The lowest BCUT2D eigenvalue weighted by atomic mass is 9.86. The highest BCUT2D eigenvalue weighted by Crippen LogP contribution is 2.26. The van der Waals surface area contributed by atoms with E-state index in [0.29, 0.717) is 5.57 Å². The van der Waals surface area contributed by atoms with Gasteiger partial charge in [-0.3, -0.25) is 4.79 Å². The molecule has 19 heavy (non-hydrogen) atoms. The van der Waals surface area contributed by atoms with E-state index in [4.69, 9.17) is 0 Å². The van der Waals surface area contributed by atoms with Crippen LogP contribution < -0.4 is 10.6 Å². The molecule has 1 saturated heterocycles. The minimum atomic E-state index is -0.236. The fourth-order valence-electron chi connectivity index (χ4n) is 2.41. The third kappa shape index (κ3) is 3.41. The number of rotatable bonds is 3. The molecule has 0 aliphatic carbocycles. The van der Waals surface area contributed by atoms with Gasteiger partial charge >= 0.3 is 0 Å². The first-order valence-electron chi connectivity index (χ1n) is 6.50. The lowest BCUT2D eigenvalue weighted by Crippen LogP contribution is -2.50. The first kappa shape index (κ1) is 13.7. The first-order valence-corrected chi connectivity index (χ1v) is 6.50. The maximum atomic E-state index is 13.0. The Bertz CT molecular complexity index is 470. The Kier molecular flexibility index (Phi) is 4.32. The number of benzene rings is 1. The molecule has 2 N–H and O–H groups in total. The topological polar surface area (TPSA) is 41.1 Å². The standard InChI is InChI=1S/C15H19FN2O/c1-10(2)15(19)18-14-9-17-8-7-13(14)11-3-5-12(16)6-4-11/h3-6,13-14,17H,1,7-9H2,2H3,(H,18,19). The van der Waals surface area contributed by atoms with Gasteiger partial charge < -0.3 is 10.6 Å². The molecule has 0 aromatic heterocycles. The van der Waals surface area contributed by atoms with Crippen LogP contribution in [-0.2, 0) is 4.79 Å². The van der Waals surface area contributed by atoms with E-state index in [2.05, 4.69) is 17.2 Å². The molecular formula is C15H19FN2O. The Hall–Kier alpha value is -1.68. The fourth-order valence-corrected chi connectivity index (χ4v) is 2.41. The van der Waals surface area contributed by atoms with Crippen LogP contribution in [0.25, 0.3) is 0 Å². The van der Waals surface area contributed by atoms with Gasteiger partial charge in [-0.2, -0.15) is 0 Å². The van der Waals surface area contributed by atoms with E-state index in [-0.39, 0.29) is 23.7 Å². The second-order valence-corrected chi connectivity index (χ2v) is 5.01. The van der Waals surface area contributed by atoms with Crippen LogP contribution in [0.15, 0.2) is 36.4 Å². The third-order valence-corrected chi connectivity index (χ3v) is 3.48. The number of carbonyl (C=O) groups is 1. The summed E-state index contributed by atoms with van der Waals surface area (Å²) in [5, 5.41) is 6.26. The van der Waals surface area contributed by atoms with E-state index >= 15 is 0 Å². The molecule has 1 aliphatic rings. The maximum Gasteiger partial charge on any atom is 0.246 e. The van der Waals surface area contributed by atoms with Crippen LogP contribution in [0.3, 0.4) is 0 Å². The predicted molar refractivity (Wildman–Crippen MR) is 73.4 cm³/mol. The van der Waals surface area contributed by atoms with Crippen molar-refractivity contribution in [3.05, 3.63) is 47.8 Å². The smallest absolute Gasteiger partial charge is 0.246 e. The molecule has 2 atom stereocenters. The normalized spacial score (nSPS) is 22.8. The van der Waals surface area contributed by atoms with Gasteiger partial charge in [-0.05, 0) is 37.6 Å². The number of hydrogen-bond donors (Lipinski definition) is 2. The number of nitrogens with one attached hydrogen (secondary N) is 2. The van der Waals surface area contributed by atoms with Crippen LogP contribution in [0.4, 0.5) is 4.39 Å². The number of amides is 1. The van der Waals surface area contributed by atoms with Crippen molar-refractivity contribution in [1.29, 1.82) is 0 Å². The molecule has 1 aliphatic heterocycles. The summed E-state index contributed by atoms with van der Waals surface area (Å²) in [4.78, 5) is 11.7. The summed E-state index contributed by atoms with van der Waals surface area (Å²) in [6, 6.07) is 6.55. The Labute approximate surface area is 112 Å². The Morgan fingerprint density at radius 2 is 2.11 bits per heavy atom. The zero-order valence-corrected chi connectivity index (χ0v) is 11.1. The number of piperidine rings is 1. The van der Waals surface area contributed by atoms with Crippen molar-refractivity contribution in [2.75, 3.05) is 13.1 Å². The Morgan fingerprint density at radius 1 is 1.42 bits per heavy atom. The molecule has 1 aromatic rings. The summed E-state index contributed by atoms with van der Waals surface area (Å²) in [7, 11) is 0. The summed E-state index contributed by atoms with van der Waals surface area (Å²) in [6.07, 6.45) is 0.923. The van der Waals surface area contributed by atoms with Gasteiger partial charge in [0, 0.05) is 24.1 Å². The van der Waals surface area contributed by atoms with E-state index < -0.39 is 0 Å². The second kappa shape index (κ2) is 5.97. The van der Waals surface area contributed by atoms with Gasteiger partial charge in [-0.1, -0.05) is 18.7 Å². The van der Waals surface area contributed by atoms with Crippen molar-refractivity contribution in [2.24, 2.45) is 0 Å². The van der Waals surface area contributed by atoms with Crippen molar-refractivity contribution in [3.63, 3.8) is 0 Å². The molecule has 2 rings (SSSR count). The third-order valence-electron chi connectivity index (χ3n) is 3.48. The molecule has 3 nitrogen and oxygen atoms in total. The molecule has 0 radical (unpaired) electrons. The number of carbonyl (C=O) groups excluding carboxylic acids is 1. The Morgan fingerprint density at radius 3 is 2.74 bits per heavy atom.